The average Bonchev–Trinajstić information content (AvgIpc) is 3.09. The van der Waals surface area contributed by atoms with E-state index >= 15 is 0 Å². The Morgan fingerprint density at radius 3 is 2.69 bits per heavy atom. The zero-order valence-electron chi connectivity index (χ0n) is 16.4. The smallest absolute Gasteiger partial charge is 0.275 e. The van der Waals surface area contributed by atoms with Gasteiger partial charge in [-0.15, -0.1) is 10.2 Å². The SMILES string of the molecule is CC(C)OCCN(Cc1ccc(N)cc1)C(=O)C1=Nc2cccc3nnnc1c23. The van der Waals surface area contributed by atoms with Crippen LogP contribution in [0.15, 0.2) is 47.5 Å². The topological polar surface area (TPSA) is 107 Å². The molecule has 2 heterocycles. The molecule has 3 aromatic rings. The van der Waals surface area contributed by atoms with Crippen molar-refractivity contribution in [1.82, 2.24) is 20.3 Å². The van der Waals surface area contributed by atoms with E-state index in [0.29, 0.717) is 42.3 Å². The van der Waals surface area contributed by atoms with Crippen LogP contribution in [0.5, 0.6) is 0 Å². The van der Waals surface area contributed by atoms with Gasteiger partial charge in [-0.25, -0.2) is 4.99 Å². The van der Waals surface area contributed by atoms with Gasteiger partial charge < -0.3 is 15.4 Å². The summed E-state index contributed by atoms with van der Waals surface area (Å²) < 4.78 is 5.67. The molecule has 148 valence electrons. The first-order valence-electron chi connectivity index (χ1n) is 9.49. The van der Waals surface area contributed by atoms with E-state index in [1.54, 1.807) is 4.90 Å². The highest BCUT2D eigenvalue weighted by molar-refractivity contribution is 6.49. The number of aromatic nitrogens is 3. The summed E-state index contributed by atoms with van der Waals surface area (Å²) in [4.78, 5) is 19.7. The summed E-state index contributed by atoms with van der Waals surface area (Å²) in [6, 6.07) is 13.0. The third kappa shape index (κ3) is 3.93. The highest BCUT2D eigenvalue weighted by atomic mass is 16.5. The van der Waals surface area contributed by atoms with Gasteiger partial charge in [-0.1, -0.05) is 18.2 Å². The molecule has 2 N–H and O–H groups in total. The normalized spacial score (nSPS) is 12.4. The van der Waals surface area contributed by atoms with Crippen molar-refractivity contribution in [3.8, 4) is 0 Å². The zero-order valence-corrected chi connectivity index (χ0v) is 16.4. The molecule has 0 bridgehead atoms. The maximum absolute atomic E-state index is 13.4. The fourth-order valence-electron chi connectivity index (χ4n) is 3.25. The van der Waals surface area contributed by atoms with Crippen LogP contribution < -0.4 is 5.73 Å². The number of hydrogen-bond donors (Lipinski definition) is 1. The second-order valence-electron chi connectivity index (χ2n) is 7.16. The molecule has 2 aromatic carbocycles. The fourth-order valence-corrected chi connectivity index (χ4v) is 3.25. The van der Waals surface area contributed by atoms with E-state index in [2.05, 4.69) is 20.4 Å². The lowest BCUT2D eigenvalue weighted by Crippen LogP contribution is -2.39. The Balaban J connectivity index is 1.62. The molecular formula is C21H22N6O2. The predicted octanol–water partition coefficient (Wildman–Crippen LogP) is 2.50. The first-order chi connectivity index (χ1) is 14.0. The van der Waals surface area contributed by atoms with Crippen molar-refractivity contribution in [2.24, 2.45) is 4.99 Å². The Bertz CT molecular complexity index is 1070. The Kier molecular flexibility index (Phi) is 5.18. The number of nitrogen functional groups attached to an aromatic ring is 1. The van der Waals surface area contributed by atoms with Crippen molar-refractivity contribution in [3.63, 3.8) is 0 Å². The van der Waals surface area contributed by atoms with Crippen LogP contribution in [0.1, 0.15) is 25.1 Å². The lowest BCUT2D eigenvalue weighted by Gasteiger charge is -2.23. The molecule has 0 saturated carbocycles. The third-order valence-corrected chi connectivity index (χ3v) is 4.67. The summed E-state index contributed by atoms with van der Waals surface area (Å²) in [5.74, 6) is -0.216. The van der Waals surface area contributed by atoms with Gasteiger partial charge in [0, 0.05) is 18.8 Å². The Morgan fingerprint density at radius 2 is 1.93 bits per heavy atom. The number of carbonyl (C=O) groups is 1. The van der Waals surface area contributed by atoms with Crippen molar-refractivity contribution in [1.29, 1.82) is 0 Å². The summed E-state index contributed by atoms with van der Waals surface area (Å²) in [5.41, 5.74) is 9.55. The summed E-state index contributed by atoms with van der Waals surface area (Å²) in [6.07, 6.45) is 0.0854. The van der Waals surface area contributed by atoms with Crippen LogP contribution >= 0.6 is 0 Å². The molecule has 1 aliphatic rings. The quantitative estimate of drug-likeness (QED) is 0.621. The minimum absolute atomic E-state index is 0.0854. The molecule has 0 atom stereocenters. The molecule has 1 aromatic heterocycles. The van der Waals surface area contributed by atoms with Crippen LogP contribution in [-0.2, 0) is 16.1 Å². The van der Waals surface area contributed by atoms with Crippen LogP contribution in [0.25, 0.3) is 10.9 Å². The van der Waals surface area contributed by atoms with Gasteiger partial charge in [0.15, 0.2) is 5.71 Å². The predicted molar refractivity (Wildman–Crippen MR) is 111 cm³/mol. The Labute approximate surface area is 168 Å². The number of rotatable bonds is 7. The maximum Gasteiger partial charge on any atom is 0.275 e. The fraction of sp³-hybridized carbons (Fsp3) is 0.286. The molecule has 4 rings (SSSR count). The molecule has 29 heavy (non-hydrogen) atoms. The number of carbonyl (C=O) groups excluding carboxylic acids is 1. The number of anilines is 1. The second-order valence-corrected chi connectivity index (χ2v) is 7.16. The lowest BCUT2D eigenvalue weighted by atomic mass is 10.1. The number of hydrogen-bond acceptors (Lipinski definition) is 7. The molecule has 0 aliphatic carbocycles. The van der Waals surface area contributed by atoms with E-state index in [1.807, 2.05) is 56.3 Å². The van der Waals surface area contributed by atoms with Crippen molar-refractivity contribution < 1.29 is 9.53 Å². The van der Waals surface area contributed by atoms with Gasteiger partial charge in [-0.3, -0.25) is 4.79 Å². The van der Waals surface area contributed by atoms with E-state index in [0.717, 1.165) is 10.9 Å². The zero-order chi connectivity index (χ0) is 20.4. The molecule has 0 radical (unpaired) electrons. The van der Waals surface area contributed by atoms with Gasteiger partial charge >= 0.3 is 0 Å². The van der Waals surface area contributed by atoms with Crippen molar-refractivity contribution >= 4 is 33.9 Å². The molecule has 8 heteroatoms. The van der Waals surface area contributed by atoms with Gasteiger partial charge in [0.2, 0.25) is 0 Å². The molecule has 1 aliphatic heterocycles. The van der Waals surface area contributed by atoms with Crippen LogP contribution in [-0.4, -0.2) is 51.2 Å². The van der Waals surface area contributed by atoms with E-state index in [4.69, 9.17) is 10.5 Å². The summed E-state index contributed by atoms with van der Waals surface area (Å²) in [5, 5.41) is 12.7. The average molecular weight is 390 g/mol. The van der Waals surface area contributed by atoms with Crippen LogP contribution in [0.2, 0.25) is 0 Å². The number of nitrogens with zero attached hydrogens (tertiary/aromatic N) is 5. The minimum atomic E-state index is -0.216. The monoisotopic (exact) mass is 390 g/mol. The van der Waals surface area contributed by atoms with Crippen molar-refractivity contribution in [2.75, 3.05) is 18.9 Å². The van der Waals surface area contributed by atoms with Gasteiger partial charge in [0.05, 0.1) is 29.3 Å². The number of benzene rings is 2. The van der Waals surface area contributed by atoms with Crippen LogP contribution in [0.4, 0.5) is 11.4 Å². The Hall–Kier alpha value is -3.39. The number of ether oxygens (including phenoxy) is 1. The number of amides is 1. The van der Waals surface area contributed by atoms with E-state index in [-0.39, 0.29) is 17.7 Å². The van der Waals surface area contributed by atoms with Crippen LogP contribution in [0, 0.1) is 0 Å². The minimum Gasteiger partial charge on any atom is -0.399 e. The van der Waals surface area contributed by atoms with E-state index in [9.17, 15) is 4.79 Å². The van der Waals surface area contributed by atoms with Crippen molar-refractivity contribution in [2.45, 2.75) is 26.5 Å². The first-order valence-corrected chi connectivity index (χ1v) is 9.49. The molecule has 0 unspecified atom stereocenters. The molecule has 8 nitrogen and oxygen atoms in total. The van der Waals surface area contributed by atoms with Gasteiger partial charge in [0.25, 0.3) is 5.91 Å². The molecule has 0 spiro atoms. The summed E-state index contributed by atoms with van der Waals surface area (Å²) in [6.45, 7) is 5.20. The third-order valence-electron chi connectivity index (χ3n) is 4.67. The standard InChI is InChI=1S/C21H22N6O2/c1-13(2)29-11-10-27(12-14-6-8-15(22)9-7-14)21(28)20-19-18-16(23-20)4-3-5-17(18)24-26-25-19/h3-9,13H,10-12,22H2,1-2H3. The lowest BCUT2D eigenvalue weighted by molar-refractivity contribution is -0.125. The largest absolute Gasteiger partial charge is 0.399 e. The number of aliphatic imine (C=N–C) groups is 1. The highest BCUT2D eigenvalue weighted by Gasteiger charge is 2.30. The molecular weight excluding hydrogens is 368 g/mol. The van der Waals surface area contributed by atoms with Gasteiger partial charge in [-0.05, 0) is 48.9 Å². The van der Waals surface area contributed by atoms with Gasteiger partial charge in [-0.2, -0.15) is 0 Å². The molecule has 1 amide bonds. The first kappa shape index (κ1) is 18.9. The highest BCUT2D eigenvalue weighted by Crippen LogP contribution is 2.33. The Morgan fingerprint density at radius 1 is 1.14 bits per heavy atom. The second kappa shape index (κ2) is 7.92. The maximum atomic E-state index is 13.4. The summed E-state index contributed by atoms with van der Waals surface area (Å²) >= 11 is 0. The molecule has 0 fully saturated rings. The summed E-state index contributed by atoms with van der Waals surface area (Å²) in [7, 11) is 0. The van der Waals surface area contributed by atoms with E-state index in [1.165, 1.54) is 0 Å². The molecule has 0 saturated heterocycles. The number of nitrogens with two attached hydrogens (primary N) is 1. The van der Waals surface area contributed by atoms with Crippen LogP contribution in [0.3, 0.4) is 0 Å². The van der Waals surface area contributed by atoms with Crippen molar-refractivity contribution in [3.05, 3.63) is 53.7 Å². The van der Waals surface area contributed by atoms with Gasteiger partial charge in [0.1, 0.15) is 5.69 Å². The van der Waals surface area contributed by atoms with E-state index < -0.39 is 0 Å².